The van der Waals surface area contributed by atoms with Gasteiger partial charge < -0.3 is 20.1 Å². The first-order valence-electron chi connectivity index (χ1n) is 10.7. The Hall–Kier alpha value is -3.43. The molecule has 3 amide bonds. The van der Waals surface area contributed by atoms with Gasteiger partial charge in [0, 0.05) is 23.4 Å². The summed E-state index contributed by atoms with van der Waals surface area (Å²) in [4.78, 5) is 24.8. The summed E-state index contributed by atoms with van der Waals surface area (Å²) in [5, 5.41) is 7.90. The molecule has 0 fully saturated rings. The maximum atomic E-state index is 13.0. The summed E-state index contributed by atoms with van der Waals surface area (Å²) in [7, 11) is 0. The summed E-state index contributed by atoms with van der Waals surface area (Å²) in [6.45, 7) is 8.97. The molecule has 2 aromatic rings. The lowest BCUT2D eigenvalue weighted by Crippen LogP contribution is -2.42. The van der Waals surface area contributed by atoms with Gasteiger partial charge in [0.2, 0.25) is 0 Å². The third-order valence-corrected chi connectivity index (χ3v) is 4.87. The molecule has 0 bridgehead atoms. The lowest BCUT2D eigenvalue weighted by Gasteiger charge is -2.38. The van der Waals surface area contributed by atoms with Crippen LogP contribution in [0.4, 0.5) is 34.1 Å². The average Bonchev–Trinajstić information content (AvgIpc) is 2.65. The molecule has 1 aliphatic heterocycles. The molecule has 0 saturated carbocycles. The topological polar surface area (TPSA) is 88.7 Å². The molecule has 0 aromatic heterocycles. The highest BCUT2D eigenvalue weighted by Gasteiger charge is 2.35. The van der Waals surface area contributed by atoms with Crippen molar-refractivity contribution in [3.05, 3.63) is 53.6 Å². The summed E-state index contributed by atoms with van der Waals surface area (Å²) < 4.78 is 50.2. The second-order valence-corrected chi connectivity index (χ2v) is 9.67. The van der Waals surface area contributed by atoms with E-state index >= 15 is 0 Å². The maximum absolute atomic E-state index is 13.0. The molecule has 34 heavy (non-hydrogen) atoms. The van der Waals surface area contributed by atoms with Crippen LogP contribution in [-0.4, -0.2) is 23.3 Å². The van der Waals surface area contributed by atoms with E-state index in [1.165, 1.54) is 12.1 Å². The molecule has 1 aliphatic rings. The van der Waals surface area contributed by atoms with Crippen LogP contribution in [0.3, 0.4) is 0 Å². The third-order valence-electron chi connectivity index (χ3n) is 4.87. The quantitative estimate of drug-likeness (QED) is 0.470. The van der Waals surface area contributed by atoms with Crippen LogP contribution in [0.1, 0.15) is 58.2 Å². The Morgan fingerprint density at radius 3 is 2.35 bits per heavy atom. The van der Waals surface area contributed by atoms with Crippen molar-refractivity contribution in [2.45, 2.75) is 64.5 Å². The molecule has 0 radical (unpaired) electrons. The molecule has 3 N–H and O–H groups in total. The zero-order chi connectivity index (χ0) is 25.3. The number of nitrogens with one attached hydrogen (secondary N) is 3. The molecule has 1 heterocycles. The molecule has 0 aliphatic carbocycles. The number of rotatable bonds is 3. The minimum atomic E-state index is -4.52. The van der Waals surface area contributed by atoms with Crippen LogP contribution in [0, 0.1) is 0 Å². The van der Waals surface area contributed by atoms with E-state index in [2.05, 4.69) is 16.0 Å². The fraction of sp³-hybridized carbons (Fsp3) is 0.417. The largest absolute Gasteiger partial charge is 0.487 e. The fourth-order valence-electron chi connectivity index (χ4n) is 3.58. The number of urea groups is 1. The summed E-state index contributed by atoms with van der Waals surface area (Å²) in [5.41, 5.74) is -1.06. The van der Waals surface area contributed by atoms with Gasteiger partial charge >= 0.3 is 18.3 Å². The monoisotopic (exact) mass is 479 g/mol. The average molecular weight is 479 g/mol. The minimum Gasteiger partial charge on any atom is -0.487 e. The summed E-state index contributed by atoms with van der Waals surface area (Å²) in [5.74, 6) is 0.523. The number of benzene rings is 2. The van der Waals surface area contributed by atoms with E-state index in [0.29, 0.717) is 23.4 Å². The number of anilines is 2. The zero-order valence-electron chi connectivity index (χ0n) is 19.6. The Labute approximate surface area is 196 Å². The third kappa shape index (κ3) is 6.79. The summed E-state index contributed by atoms with van der Waals surface area (Å²) in [6, 6.07) is 8.21. The van der Waals surface area contributed by atoms with Gasteiger partial charge in [-0.3, -0.25) is 5.32 Å². The molecule has 10 heteroatoms. The lowest BCUT2D eigenvalue weighted by molar-refractivity contribution is -0.137. The highest BCUT2D eigenvalue weighted by atomic mass is 19.4. The van der Waals surface area contributed by atoms with E-state index in [4.69, 9.17) is 9.47 Å². The number of fused-ring (bicyclic) bond motifs is 1. The van der Waals surface area contributed by atoms with Crippen LogP contribution < -0.4 is 20.7 Å². The van der Waals surface area contributed by atoms with E-state index in [-0.39, 0.29) is 5.69 Å². The Balaban J connectivity index is 1.78. The van der Waals surface area contributed by atoms with Crippen LogP contribution in [0.15, 0.2) is 42.5 Å². The van der Waals surface area contributed by atoms with Crippen LogP contribution in [0.5, 0.6) is 5.75 Å². The van der Waals surface area contributed by atoms with Crippen molar-refractivity contribution in [3.8, 4) is 5.75 Å². The number of amides is 3. The number of alkyl halides is 3. The molecule has 0 unspecified atom stereocenters. The molecular formula is C24H28F3N3O4. The van der Waals surface area contributed by atoms with Crippen molar-refractivity contribution in [1.82, 2.24) is 5.32 Å². The predicted molar refractivity (Wildman–Crippen MR) is 122 cm³/mol. The van der Waals surface area contributed by atoms with Gasteiger partial charge in [0.15, 0.2) is 0 Å². The van der Waals surface area contributed by atoms with Gasteiger partial charge in [0.1, 0.15) is 17.0 Å². The normalized spacial score (nSPS) is 17.1. The van der Waals surface area contributed by atoms with Gasteiger partial charge in [-0.2, -0.15) is 13.2 Å². The molecule has 1 atom stereocenters. The number of carbonyl (C=O) groups is 2. The fourth-order valence-corrected chi connectivity index (χ4v) is 3.58. The minimum absolute atomic E-state index is 0.0132. The molecule has 0 saturated heterocycles. The molecule has 184 valence electrons. The van der Waals surface area contributed by atoms with Gasteiger partial charge in [-0.15, -0.1) is 0 Å². The van der Waals surface area contributed by atoms with Crippen molar-refractivity contribution >= 4 is 23.5 Å². The molecule has 2 aromatic carbocycles. The van der Waals surface area contributed by atoms with Crippen molar-refractivity contribution in [3.63, 3.8) is 0 Å². The van der Waals surface area contributed by atoms with E-state index in [0.717, 1.165) is 12.1 Å². The predicted octanol–water partition coefficient (Wildman–Crippen LogP) is 6.48. The van der Waals surface area contributed by atoms with Gasteiger partial charge in [0.25, 0.3) is 0 Å². The summed E-state index contributed by atoms with van der Waals surface area (Å²) in [6.07, 6.45) is -4.75. The van der Waals surface area contributed by atoms with Crippen molar-refractivity contribution in [1.29, 1.82) is 0 Å². The van der Waals surface area contributed by atoms with E-state index in [1.54, 1.807) is 39.0 Å². The van der Waals surface area contributed by atoms with Crippen LogP contribution in [0.2, 0.25) is 0 Å². The van der Waals surface area contributed by atoms with Gasteiger partial charge in [0.05, 0.1) is 11.6 Å². The Morgan fingerprint density at radius 2 is 1.71 bits per heavy atom. The highest BCUT2D eigenvalue weighted by molar-refractivity contribution is 5.90. The van der Waals surface area contributed by atoms with E-state index < -0.39 is 41.1 Å². The first kappa shape index (κ1) is 25.2. The number of hydrogen-bond donors (Lipinski definition) is 3. The maximum Gasteiger partial charge on any atom is 0.416 e. The second-order valence-electron chi connectivity index (χ2n) is 9.67. The van der Waals surface area contributed by atoms with E-state index in [1.807, 2.05) is 13.8 Å². The molecule has 3 rings (SSSR count). The van der Waals surface area contributed by atoms with Gasteiger partial charge in [-0.25, -0.2) is 9.59 Å². The summed E-state index contributed by atoms with van der Waals surface area (Å²) >= 11 is 0. The Kier molecular flexibility index (Phi) is 6.73. The first-order valence-corrected chi connectivity index (χ1v) is 10.7. The smallest absolute Gasteiger partial charge is 0.416 e. The standard InChI is InChI=1S/C24H28F3N3O4/c1-22(2,3)34-21(32)29-16-9-10-19-17(12-16)18(13-23(4,5)33-19)30-20(31)28-15-8-6-7-14(11-15)24(25,26)27/h6-12,18H,13H2,1-5H3,(H,29,32)(H2,28,30,31)/t18-/m1/s1. The lowest BCUT2D eigenvalue weighted by atomic mass is 9.89. The van der Waals surface area contributed by atoms with Crippen molar-refractivity contribution in [2.24, 2.45) is 0 Å². The van der Waals surface area contributed by atoms with Crippen LogP contribution >= 0.6 is 0 Å². The number of halogens is 3. The SMILES string of the molecule is CC(C)(C)OC(=O)Nc1ccc2c(c1)[C@H](NC(=O)Nc1cccc(C(F)(F)F)c1)CC(C)(C)O2. The van der Waals surface area contributed by atoms with E-state index in [9.17, 15) is 22.8 Å². The number of ether oxygens (including phenoxy) is 2. The number of hydrogen-bond acceptors (Lipinski definition) is 4. The zero-order valence-corrected chi connectivity index (χ0v) is 19.6. The Morgan fingerprint density at radius 1 is 1.03 bits per heavy atom. The first-order chi connectivity index (χ1) is 15.6. The van der Waals surface area contributed by atoms with Crippen LogP contribution in [-0.2, 0) is 10.9 Å². The van der Waals surface area contributed by atoms with Crippen molar-refractivity contribution < 1.29 is 32.2 Å². The molecular weight excluding hydrogens is 451 g/mol. The van der Waals surface area contributed by atoms with Crippen LogP contribution in [0.25, 0.3) is 0 Å². The van der Waals surface area contributed by atoms with Gasteiger partial charge in [-0.1, -0.05) is 6.07 Å². The number of carbonyl (C=O) groups excluding carboxylic acids is 2. The van der Waals surface area contributed by atoms with Gasteiger partial charge in [-0.05, 0) is 71.0 Å². The highest BCUT2D eigenvalue weighted by Crippen LogP contribution is 2.41. The molecule has 0 spiro atoms. The molecule has 7 nitrogen and oxygen atoms in total. The Bertz CT molecular complexity index is 1080. The van der Waals surface area contributed by atoms with Crippen molar-refractivity contribution in [2.75, 3.05) is 10.6 Å². The second kappa shape index (κ2) is 9.08.